The maximum atomic E-state index is 10.3. The van der Waals surface area contributed by atoms with Crippen molar-refractivity contribution in [2.24, 2.45) is 5.16 Å². The van der Waals surface area contributed by atoms with Crippen LogP contribution in [-0.4, -0.2) is 16.2 Å². The molecule has 0 saturated carbocycles. The normalized spacial score (nSPS) is 11.5. The van der Waals surface area contributed by atoms with Crippen molar-refractivity contribution in [3.8, 4) is 0 Å². The van der Waals surface area contributed by atoms with E-state index < -0.39 is 0 Å². The van der Waals surface area contributed by atoms with Crippen LogP contribution in [0.2, 0.25) is 0 Å². The van der Waals surface area contributed by atoms with Gasteiger partial charge in [0, 0.05) is 6.42 Å². The molecule has 0 heterocycles. The van der Waals surface area contributed by atoms with Gasteiger partial charge in [0.05, 0.1) is 0 Å². The van der Waals surface area contributed by atoms with Crippen LogP contribution in [0.25, 0.3) is 0 Å². The summed E-state index contributed by atoms with van der Waals surface area (Å²) in [5.74, 6) is -0.353. The molecule has 0 bridgehead atoms. The third-order valence-corrected chi connectivity index (χ3v) is 0.925. The molecule has 4 heteroatoms. The van der Waals surface area contributed by atoms with Crippen LogP contribution in [0.15, 0.2) is 5.16 Å². The quantitative estimate of drug-likeness (QED) is 0.349. The second kappa shape index (κ2) is 3.43. The van der Waals surface area contributed by atoms with Crippen LogP contribution < -0.4 is 0 Å². The lowest BCUT2D eigenvalue weighted by molar-refractivity contribution is -0.112. The fourth-order valence-electron chi connectivity index (χ4n) is 0.202. The highest BCUT2D eigenvalue weighted by Gasteiger charge is 2.03. The zero-order valence-corrected chi connectivity index (χ0v) is 5.14. The predicted octanol–water partition coefficient (Wildman–Crippen LogP) is 0.992. The smallest absolute Gasteiger partial charge is 0.211 e. The standard InChI is InChI=1S/C4H6ClNO2/c1-2-3(7)4(5)6-8/h8H,2H2,1H3/b6-4-. The molecule has 0 amide bonds. The number of carbonyl (C=O) groups is 1. The largest absolute Gasteiger partial charge is 0.410 e. The van der Waals surface area contributed by atoms with E-state index in [1.54, 1.807) is 6.92 Å². The monoisotopic (exact) mass is 135 g/mol. The van der Waals surface area contributed by atoms with Crippen molar-refractivity contribution in [1.82, 2.24) is 0 Å². The van der Waals surface area contributed by atoms with Crippen molar-refractivity contribution >= 4 is 22.6 Å². The lowest BCUT2D eigenvalue weighted by Crippen LogP contribution is -2.04. The third kappa shape index (κ3) is 1.93. The minimum atomic E-state index is -0.354. The van der Waals surface area contributed by atoms with Crippen LogP contribution in [0.4, 0.5) is 0 Å². The van der Waals surface area contributed by atoms with Crippen LogP contribution in [-0.2, 0) is 4.79 Å². The Morgan fingerprint density at radius 3 is 2.50 bits per heavy atom. The summed E-state index contributed by atoms with van der Waals surface area (Å²) in [5.41, 5.74) is 0. The molecular formula is C4H6ClNO2. The summed E-state index contributed by atoms with van der Waals surface area (Å²) in [6.45, 7) is 1.63. The Hall–Kier alpha value is -0.570. The number of oxime groups is 1. The predicted molar refractivity (Wildman–Crippen MR) is 30.4 cm³/mol. The van der Waals surface area contributed by atoms with Crippen molar-refractivity contribution in [2.75, 3.05) is 0 Å². The van der Waals surface area contributed by atoms with Gasteiger partial charge >= 0.3 is 0 Å². The number of hydrogen-bond acceptors (Lipinski definition) is 3. The molecule has 0 unspecified atom stereocenters. The van der Waals surface area contributed by atoms with Gasteiger partial charge in [0.2, 0.25) is 5.17 Å². The second-order valence-corrected chi connectivity index (χ2v) is 1.53. The van der Waals surface area contributed by atoms with E-state index >= 15 is 0 Å². The van der Waals surface area contributed by atoms with E-state index in [1.165, 1.54) is 0 Å². The molecule has 0 fully saturated rings. The highest BCUT2D eigenvalue weighted by Crippen LogP contribution is 1.89. The summed E-state index contributed by atoms with van der Waals surface area (Å²) in [6.07, 6.45) is 0.267. The number of nitrogens with zero attached hydrogens (tertiary/aromatic N) is 1. The molecule has 0 atom stereocenters. The molecule has 0 radical (unpaired) electrons. The van der Waals surface area contributed by atoms with Crippen LogP contribution in [0, 0.1) is 0 Å². The summed E-state index contributed by atoms with van der Waals surface area (Å²) >= 11 is 5.07. The summed E-state index contributed by atoms with van der Waals surface area (Å²) in [7, 11) is 0. The number of Topliss-reactive ketones (excluding diaryl/α,β-unsaturated/α-hetero) is 1. The first-order valence-electron chi connectivity index (χ1n) is 2.13. The minimum Gasteiger partial charge on any atom is -0.410 e. The molecule has 0 aromatic carbocycles. The summed E-state index contributed by atoms with van der Waals surface area (Å²) in [6, 6.07) is 0. The fraction of sp³-hybridized carbons (Fsp3) is 0.500. The first kappa shape index (κ1) is 7.43. The molecule has 46 valence electrons. The van der Waals surface area contributed by atoms with Crippen LogP contribution >= 0.6 is 11.6 Å². The van der Waals surface area contributed by atoms with Gasteiger partial charge in [-0.3, -0.25) is 4.79 Å². The van der Waals surface area contributed by atoms with E-state index in [-0.39, 0.29) is 17.4 Å². The van der Waals surface area contributed by atoms with Crippen molar-refractivity contribution in [1.29, 1.82) is 0 Å². The first-order chi connectivity index (χ1) is 3.72. The fourth-order valence-corrected chi connectivity index (χ4v) is 0.335. The molecule has 1 N–H and O–H groups in total. The molecule has 0 aliphatic heterocycles. The van der Waals surface area contributed by atoms with Gasteiger partial charge in [-0.05, 0) is 0 Å². The van der Waals surface area contributed by atoms with Crippen LogP contribution in [0.3, 0.4) is 0 Å². The Labute approximate surface area is 51.9 Å². The zero-order valence-electron chi connectivity index (χ0n) is 4.39. The number of halogens is 1. The molecule has 0 aliphatic rings. The van der Waals surface area contributed by atoms with Gasteiger partial charge in [-0.15, -0.1) is 0 Å². The summed E-state index contributed by atoms with van der Waals surface area (Å²) in [5, 5.41) is 10.0. The SMILES string of the molecule is CCC(=O)/C(Cl)=N/O. The summed E-state index contributed by atoms with van der Waals surface area (Å²) in [4.78, 5) is 10.3. The van der Waals surface area contributed by atoms with E-state index in [4.69, 9.17) is 16.8 Å². The number of rotatable bonds is 2. The topological polar surface area (TPSA) is 49.7 Å². The average Bonchev–Trinajstić information content (AvgIpc) is 1.84. The van der Waals surface area contributed by atoms with Gasteiger partial charge in [0.15, 0.2) is 5.78 Å². The molecule has 0 aromatic heterocycles. The van der Waals surface area contributed by atoms with Gasteiger partial charge in [-0.25, -0.2) is 0 Å². The second-order valence-electron chi connectivity index (χ2n) is 1.17. The molecule has 3 nitrogen and oxygen atoms in total. The van der Waals surface area contributed by atoms with E-state index in [2.05, 4.69) is 5.16 Å². The molecule has 0 aromatic rings. The maximum Gasteiger partial charge on any atom is 0.211 e. The van der Waals surface area contributed by atoms with Gasteiger partial charge < -0.3 is 5.21 Å². The van der Waals surface area contributed by atoms with Crippen molar-refractivity contribution < 1.29 is 10.0 Å². The highest BCUT2D eigenvalue weighted by molar-refractivity contribution is 6.82. The first-order valence-corrected chi connectivity index (χ1v) is 2.51. The van der Waals surface area contributed by atoms with Gasteiger partial charge in [0.1, 0.15) is 0 Å². The van der Waals surface area contributed by atoms with Crippen LogP contribution in [0.1, 0.15) is 13.3 Å². The molecule has 8 heavy (non-hydrogen) atoms. The molecule has 0 rings (SSSR count). The molecular weight excluding hydrogens is 130 g/mol. The van der Waals surface area contributed by atoms with Crippen molar-refractivity contribution in [3.63, 3.8) is 0 Å². The molecule has 0 saturated heterocycles. The van der Waals surface area contributed by atoms with Crippen molar-refractivity contribution in [2.45, 2.75) is 13.3 Å². The average molecular weight is 136 g/mol. The highest BCUT2D eigenvalue weighted by atomic mass is 35.5. The van der Waals surface area contributed by atoms with Gasteiger partial charge in [0.25, 0.3) is 0 Å². The van der Waals surface area contributed by atoms with E-state index in [1.807, 2.05) is 0 Å². The Morgan fingerprint density at radius 1 is 1.88 bits per heavy atom. The Balaban J connectivity index is 3.83. The molecule has 0 aliphatic carbocycles. The number of hydrogen-bond donors (Lipinski definition) is 1. The van der Waals surface area contributed by atoms with E-state index in [0.717, 1.165) is 0 Å². The number of ketones is 1. The lowest BCUT2D eigenvalue weighted by atomic mass is 10.3. The van der Waals surface area contributed by atoms with Crippen molar-refractivity contribution in [3.05, 3.63) is 0 Å². The zero-order chi connectivity index (χ0) is 6.57. The van der Waals surface area contributed by atoms with E-state index in [0.29, 0.717) is 0 Å². The number of carbonyl (C=O) groups excluding carboxylic acids is 1. The third-order valence-electron chi connectivity index (χ3n) is 0.639. The van der Waals surface area contributed by atoms with Gasteiger partial charge in [-0.1, -0.05) is 23.7 Å². The Morgan fingerprint density at radius 2 is 2.38 bits per heavy atom. The minimum absolute atomic E-state index is 0.267. The Bertz CT molecular complexity index is 121. The lowest BCUT2D eigenvalue weighted by Gasteiger charge is -1.85. The van der Waals surface area contributed by atoms with Crippen LogP contribution in [0.5, 0.6) is 0 Å². The Kier molecular flexibility index (Phi) is 3.19. The maximum absolute atomic E-state index is 10.3. The van der Waals surface area contributed by atoms with Gasteiger partial charge in [-0.2, -0.15) is 0 Å². The molecule has 0 spiro atoms. The summed E-state index contributed by atoms with van der Waals surface area (Å²) < 4.78 is 0. The van der Waals surface area contributed by atoms with E-state index in [9.17, 15) is 4.79 Å².